The second-order valence-electron chi connectivity index (χ2n) is 7.25. The Labute approximate surface area is 147 Å². The molecule has 0 atom stereocenters. The maximum absolute atomic E-state index is 2.45. The Hall–Kier alpha value is -2.02. The van der Waals surface area contributed by atoms with Gasteiger partial charge >= 0.3 is 0 Å². The van der Waals surface area contributed by atoms with Crippen LogP contribution in [0.4, 0.5) is 5.69 Å². The molecule has 1 saturated carbocycles. The summed E-state index contributed by atoms with van der Waals surface area (Å²) >= 11 is 0. The van der Waals surface area contributed by atoms with Crippen LogP contribution in [0.5, 0.6) is 0 Å². The number of aryl methyl sites for hydroxylation is 2. The molecule has 2 aromatic rings. The number of hydrogen-bond acceptors (Lipinski definition) is 1. The lowest BCUT2D eigenvalue weighted by molar-refractivity contribution is 0.943. The highest BCUT2D eigenvalue weighted by molar-refractivity contribution is 5.83. The van der Waals surface area contributed by atoms with Crippen molar-refractivity contribution in [1.29, 1.82) is 0 Å². The molecule has 0 aliphatic heterocycles. The molecule has 0 radical (unpaired) electrons. The molecule has 0 spiro atoms. The average Bonchev–Trinajstić information content (AvgIpc) is 3.40. The molecule has 1 aliphatic rings. The van der Waals surface area contributed by atoms with Gasteiger partial charge in [0.25, 0.3) is 0 Å². The molecular weight excluding hydrogens is 290 g/mol. The molecule has 1 nitrogen and oxygen atoms in total. The van der Waals surface area contributed by atoms with Gasteiger partial charge in [-0.3, -0.25) is 0 Å². The molecule has 0 heterocycles. The van der Waals surface area contributed by atoms with Gasteiger partial charge in [-0.2, -0.15) is 0 Å². The standard InChI is InChI=1S/C23H29N/c1-6-24(5)23-14-18(4)21(15-22(23)20-11-12-20)17(3)13-19-9-7-16(2)8-10-19/h7-10,13-15,20H,6,11-12H2,1-5H3/b17-13+. The van der Waals surface area contributed by atoms with Crippen LogP contribution in [0.2, 0.25) is 0 Å². The Bertz CT molecular complexity index is 748. The zero-order valence-electron chi connectivity index (χ0n) is 15.7. The quantitative estimate of drug-likeness (QED) is 0.593. The van der Waals surface area contributed by atoms with Gasteiger partial charge in [0.1, 0.15) is 0 Å². The van der Waals surface area contributed by atoms with E-state index in [-0.39, 0.29) is 0 Å². The molecule has 0 aromatic heterocycles. The second kappa shape index (κ2) is 6.84. The lowest BCUT2D eigenvalue weighted by Crippen LogP contribution is -2.18. The van der Waals surface area contributed by atoms with E-state index in [4.69, 9.17) is 0 Å². The van der Waals surface area contributed by atoms with Gasteiger partial charge in [-0.1, -0.05) is 35.9 Å². The first-order valence-corrected chi connectivity index (χ1v) is 9.10. The van der Waals surface area contributed by atoms with Crippen molar-refractivity contribution in [3.05, 3.63) is 64.2 Å². The Morgan fingerprint density at radius 1 is 1.12 bits per heavy atom. The fraction of sp³-hybridized carbons (Fsp3) is 0.391. The van der Waals surface area contributed by atoms with E-state index in [1.54, 1.807) is 0 Å². The van der Waals surface area contributed by atoms with Crippen molar-refractivity contribution >= 4 is 17.3 Å². The fourth-order valence-corrected chi connectivity index (χ4v) is 3.35. The topological polar surface area (TPSA) is 3.24 Å². The summed E-state index contributed by atoms with van der Waals surface area (Å²) in [6.07, 6.45) is 4.99. The lowest BCUT2D eigenvalue weighted by Gasteiger charge is -2.23. The molecule has 2 aromatic carbocycles. The normalized spacial score (nSPS) is 14.8. The van der Waals surface area contributed by atoms with Crippen LogP contribution >= 0.6 is 0 Å². The Balaban J connectivity index is 2.01. The summed E-state index contributed by atoms with van der Waals surface area (Å²) in [5, 5.41) is 0. The monoisotopic (exact) mass is 319 g/mol. The predicted molar refractivity (Wildman–Crippen MR) is 107 cm³/mol. The van der Waals surface area contributed by atoms with E-state index >= 15 is 0 Å². The number of hydrogen-bond donors (Lipinski definition) is 0. The summed E-state index contributed by atoms with van der Waals surface area (Å²) in [6.45, 7) is 9.89. The zero-order valence-corrected chi connectivity index (χ0v) is 15.7. The predicted octanol–water partition coefficient (Wildman–Crippen LogP) is 6.20. The number of benzene rings is 2. The molecule has 3 rings (SSSR count). The summed E-state index contributed by atoms with van der Waals surface area (Å²) in [4.78, 5) is 2.38. The van der Waals surface area contributed by atoms with Crippen molar-refractivity contribution in [2.45, 2.75) is 46.5 Å². The summed E-state index contributed by atoms with van der Waals surface area (Å²) < 4.78 is 0. The number of nitrogens with zero attached hydrogens (tertiary/aromatic N) is 1. The summed E-state index contributed by atoms with van der Waals surface area (Å²) in [5.41, 5.74) is 9.66. The molecular formula is C23H29N. The van der Waals surface area contributed by atoms with Gasteiger partial charge in [-0.15, -0.1) is 0 Å². The summed E-state index contributed by atoms with van der Waals surface area (Å²) in [7, 11) is 2.20. The highest BCUT2D eigenvalue weighted by Gasteiger charge is 2.28. The van der Waals surface area contributed by atoms with E-state index in [2.05, 4.69) is 82.1 Å². The van der Waals surface area contributed by atoms with Crippen LogP contribution < -0.4 is 4.90 Å². The van der Waals surface area contributed by atoms with E-state index < -0.39 is 0 Å². The van der Waals surface area contributed by atoms with Crippen molar-refractivity contribution in [3.63, 3.8) is 0 Å². The van der Waals surface area contributed by atoms with Crippen LogP contribution in [0.1, 0.15) is 60.4 Å². The third-order valence-corrected chi connectivity index (χ3v) is 5.16. The van der Waals surface area contributed by atoms with Crippen molar-refractivity contribution in [2.24, 2.45) is 0 Å². The Morgan fingerprint density at radius 2 is 1.79 bits per heavy atom. The first kappa shape index (κ1) is 16.8. The van der Waals surface area contributed by atoms with Crippen LogP contribution in [-0.2, 0) is 0 Å². The number of rotatable bonds is 5. The van der Waals surface area contributed by atoms with Gasteiger partial charge in [0.15, 0.2) is 0 Å². The molecule has 126 valence electrons. The molecule has 1 aliphatic carbocycles. The smallest absolute Gasteiger partial charge is 0.0401 e. The molecule has 1 heteroatoms. The summed E-state index contributed by atoms with van der Waals surface area (Å²) in [5.74, 6) is 0.764. The van der Waals surface area contributed by atoms with E-state index in [9.17, 15) is 0 Å². The first-order valence-electron chi connectivity index (χ1n) is 9.10. The molecule has 1 fully saturated rings. The van der Waals surface area contributed by atoms with E-state index in [0.29, 0.717) is 0 Å². The van der Waals surface area contributed by atoms with Crippen molar-refractivity contribution in [2.75, 3.05) is 18.5 Å². The fourth-order valence-electron chi connectivity index (χ4n) is 3.35. The number of allylic oxidation sites excluding steroid dienone is 1. The summed E-state index contributed by atoms with van der Waals surface area (Å²) in [6, 6.07) is 13.6. The Morgan fingerprint density at radius 3 is 2.38 bits per heavy atom. The molecule has 0 saturated heterocycles. The van der Waals surface area contributed by atoms with Gasteiger partial charge in [-0.25, -0.2) is 0 Å². The van der Waals surface area contributed by atoms with Crippen molar-refractivity contribution in [3.8, 4) is 0 Å². The van der Waals surface area contributed by atoms with Gasteiger partial charge in [0.05, 0.1) is 0 Å². The third-order valence-electron chi connectivity index (χ3n) is 5.16. The minimum Gasteiger partial charge on any atom is -0.375 e. The van der Waals surface area contributed by atoms with Crippen LogP contribution in [0, 0.1) is 13.8 Å². The minimum absolute atomic E-state index is 0.764. The number of anilines is 1. The Kier molecular flexibility index (Phi) is 4.80. The highest BCUT2D eigenvalue weighted by atomic mass is 15.1. The van der Waals surface area contributed by atoms with Crippen molar-refractivity contribution in [1.82, 2.24) is 0 Å². The largest absolute Gasteiger partial charge is 0.375 e. The lowest BCUT2D eigenvalue weighted by atomic mass is 9.94. The van der Waals surface area contributed by atoms with Crippen LogP contribution in [0.25, 0.3) is 11.6 Å². The molecule has 0 unspecified atom stereocenters. The van der Waals surface area contributed by atoms with E-state index in [1.165, 1.54) is 51.9 Å². The van der Waals surface area contributed by atoms with E-state index in [0.717, 1.165) is 12.5 Å². The van der Waals surface area contributed by atoms with Crippen molar-refractivity contribution < 1.29 is 0 Å². The van der Waals surface area contributed by atoms with Gasteiger partial charge in [0, 0.05) is 19.3 Å². The molecule has 0 bridgehead atoms. The van der Waals surface area contributed by atoms with Crippen LogP contribution in [0.15, 0.2) is 36.4 Å². The SMILES string of the molecule is CCN(C)c1cc(C)c(/C(C)=C/c2ccc(C)cc2)cc1C1CC1. The van der Waals surface area contributed by atoms with Crippen LogP contribution in [0.3, 0.4) is 0 Å². The average molecular weight is 319 g/mol. The zero-order chi connectivity index (χ0) is 17.3. The maximum atomic E-state index is 2.45. The molecule has 0 N–H and O–H groups in total. The van der Waals surface area contributed by atoms with E-state index in [1.807, 2.05) is 0 Å². The highest BCUT2D eigenvalue weighted by Crippen LogP contribution is 2.45. The second-order valence-corrected chi connectivity index (χ2v) is 7.25. The van der Waals surface area contributed by atoms with Crippen LogP contribution in [-0.4, -0.2) is 13.6 Å². The molecule has 24 heavy (non-hydrogen) atoms. The van der Waals surface area contributed by atoms with Gasteiger partial charge in [-0.05, 0) is 86.4 Å². The first-order chi connectivity index (χ1) is 11.5. The molecule has 0 amide bonds. The maximum Gasteiger partial charge on any atom is 0.0401 e. The van der Waals surface area contributed by atoms with Gasteiger partial charge < -0.3 is 4.90 Å². The minimum atomic E-state index is 0.764. The third kappa shape index (κ3) is 3.56. The van der Waals surface area contributed by atoms with Gasteiger partial charge in [0.2, 0.25) is 0 Å².